The summed E-state index contributed by atoms with van der Waals surface area (Å²) in [6.07, 6.45) is 1.97. The van der Waals surface area contributed by atoms with E-state index in [0.29, 0.717) is 6.04 Å². The Bertz CT molecular complexity index is 451. The third-order valence-corrected chi connectivity index (χ3v) is 4.99. The van der Waals surface area contributed by atoms with Crippen LogP contribution in [0.3, 0.4) is 0 Å². The summed E-state index contributed by atoms with van der Waals surface area (Å²) in [5, 5.41) is 3.44. The molecule has 116 valence electrons. The summed E-state index contributed by atoms with van der Waals surface area (Å²) in [7, 11) is 0. The summed E-state index contributed by atoms with van der Waals surface area (Å²) < 4.78 is 0. The zero-order chi connectivity index (χ0) is 15.2. The average Bonchev–Trinajstić information content (AvgIpc) is 2.75. The number of nitrogens with zero attached hydrogens (tertiary/aromatic N) is 1. The molecule has 0 bridgehead atoms. The Kier molecular flexibility index (Phi) is 6.12. The highest BCUT2D eigenvalue weighted by molar-refractivity contribution is 7.99. The van der Waals surface area contributed by atoms with Gasteiger partial charge in [0.1, 0.15) is 0 Å². The monoisotopic (exact) mass is 306 g/mol. The lowest BCUT2D eigenvalue weighted by Gasteiger charge is -2.28. The molecule has 1 aromatic rings. The molecule has 1 aliphatic rings. The van der Waals surface area contributed by atoms with Crippen molar-refractivity contribution in [3.63, 3.8) is 0 Å². The first-order valence-electron chi connectivity index (χ1n) is 7.83. The fourth-order valence-corrected chi connectivity index (χ4v) is 3.74. The quantitative estimate of drug-likeness (QED) is 0.786. The van der Waals surface area contributed by atoms with Gasteiger partial charge in [0.05, 0.1) is 12.2 Å². The van der Waals surface area contributed by atoms with Crippen LogP contribution in [0.25, 0.3) is 0 Å². The van der Waals surface area contributed by atoms with Gasteiger partial charge in [-0.2, -0.15) is 11.8 Å². The van der Waals surface area contributed by atoms with E-state index in [1.54, 1.807) is 0 Å². The van der Waals surface area contributed by atoms with Crippen molar-refractivity contribution in [1.29, 1.82) is 0 Å². The van der Waals surface area contributed by atoms with Crippen molar-refractivity contribution in [3.05, 3.63) is 35.9 Å². The number of carbonyl (C=O) groups is 1. The maximum Gasteiger partial charge on any atom is 0.241 e. The van der Waals surface area contributed by atoms with Crippen LogP contribution in [0, 0.1) is 0 Å². The highest BCUT2D eigenvalue weighted by Crippen LogP contribution is 2.20. The lowest BCUT2D eigenvalue weighted by molar-refractivity contribution is -0.131. The summed E-state index contributed by atoms with van der Waals surface area (Å²) >= 11 is 1.94. The molecule has 1 saturated heterocycles. The van der Waals surface area contributed by atoms with Crippen LogP contribution in [0.15, 0.2) is 30.3 Å². The Morgan fingerprint density at radius 2 is 2.05 bits per heavy atom. The minimum Gasteiger partial charge on any atom is -0.323 e. The Labute approximate surface area is 132 Å². The predicted octanol–water partition coefficient (Wildman–Crippen LogP) is 2.91. The van der Waals surface area contributed by atoms with Gasteiger partial charge in [-0.15, -0.1) is 0 Å². The molecule has 2 rings (SSSR count). The van der Waals surface area contributed by atoms with Crippen LogP contribution in [0.5, 0.6) is 0 Å². The van der Waals surface area contributed by atoms with Gasteiger partial charge in [0, 0.05) is 6.04 Å². The second-order valence-electron chi connectivity index (χ2n) is 5.67. The zero-order valence-corrected chi connectivity index (χ0v) is 14.0. The molecule has 0 aromatic heterocycles. The SMILES string of the molecule is CCSCCC(C)N1C(=O)C(Cc2ccccc2)NC1C. The van der Waals surface area contributed by atoms with E-state index in [1.165, 1.54) is 5.56 Å². The third kappa shape index (κ3) is 4.24. The largest absolute Gasteiger partial charge is 0.323 e. The van der Waals surface area contributed by atoms with Crippen LogP contribution in [0.1, 0.15) is 32.8 Å². The number of thioether (sulfide) groups is 1. The Hall–Kier alpha value is -1.00. The van der Waals surface area contributed by atoms with Crippen molar-refractivity contribution >= 4 is 17.7 Å². The van der Waals surface area contributed by atoms with Gasteiger partial charge in [-0.05, 0) is 43.8 Å². The predicted molar refractivity (Wildman–Crippen MR) is 90.5 cm³/mol. The molecular weight excluding hydrogens is 280 g/mol. The molecule has 0 spiro atoms. The van der Waals surface area contributed by atoms with Gasteiger partial charge in [0.25, 0.3) is 0 Å². The second-order valence-corrected chi connectivity index (χ2v) is 7.06. The van der Waals surface area contributed by atoms with Crippen LogP contribution in [-0.4, -0.2) is 40.6 Å². The van der Waals surface area contributed by atoms with Gasteiger partial charge in [-0.3, -0.25) is 10.1 Å². The van der Waals surface area contributed by atoms with Crippen LogP contribution in [0.2, 0.25) is 0 Å². The van der Waals surface area contributed by atoms with Crippen molar-refractivity contribution in [2.45, 2.75) is 51.9 Å². The number of nitrogens with one attached hydrogen (secondary N) is 1. The van der Waals surface area contributed by atoms with Gasteiger partial charge in [0.2, 0.25) is 5.91 Å². The van der Waals surface area contributed by atoms with Gasteiger partial charge < -0.3 is 4.90 Å². The first-order valence-corrected chi connectivity index (χ1v) is 8.98. The maximum absolute atomic E-state index is 12.7. The number of hydrogen-bond donors (Lipinski definition) is 1. The third-order valence-electron chi connectivity index (χ3n) is 4.05. The minimum atomic E-state index is -0.0799. The highest BCUT2D eigenvalue weighted by atomic mass is 32.2. The number of carbonyl (C=O) groups excluding carboxylic acids is 1. The van der Waals surface area contributed by atoms with E-state index in [-0.39, 0.29) is 18.1 Å². The lowest BCUT2D eigenvalue weighted by Crippen LogP contribution is -2.41. The van der Waals surface area contributed by atoms with E-state index in [4.69, 9.17) is 0 Å². The zero-order valence-electron chi connectivity index (χ0n) is 13.2. The molecule has 1 N–H and O–H groups in total. The van der Waals surface area contributed by atoms with E-state index in [0.717, 1.165) is 24.3 Å². The normalized spacial score (nSPS) is 23.6. The average molecular weight is 306 g/mol. The van der Waals surface area contributed by atoms with E-state index in [2.05, 4.69) is 38.2 Å². The van der Waals surface area contributed by atoms with Gasteiger partial charge in [-0.25, -0.2) is 0 Å². The first kappa shape index (κ1) is 16.4. The molecule has 0 radical (unpaired) electrons. The number of benzene rings is 1. The summed E-state index contributed by atoms with van der Waals surface area (Å²) in [4.78, 5) is 14.7. The van der Waals surface area contributed by atoms with Gasteiger partial charge >= 0.3 is 0 Å². The van der Waals surface area contributed by atoms with Crippen LogP contribution >= 0.6 is 11.8 Å². The van der Waals surface area contributed by atoms with Crippen LogP contribution in [-0.2, 0) is 11.2 Å². The van der Waals surface area contributed by atoms with Gasteiger partial charge in [-0.1, -0.05) is 37.3 Å². The number of hydrogen-bond acceptors (Lipinski definition) is 3. The smallest absolute Gasteiger partial charge is 0.241 e. The lowest BCUT2D eigenvalue weighted by atomic mass is 10.1. The van der Waals surface area contributed by atoms with E-state index < -0.39 is 0 Å². The molecule has 21 heavy (non-hydrogen) atoms. The van der Waals surface area contributed by atoms with Crippen molar-refractivity contribution in [3.8, 4) is 0 Å². The molecule has 1 heterocycles. The molecule has 1 aromatic carbocycles. The molecule has 1 amide bonds. The van der Waals surface area contributed by atoms with Crippen molar-refractivity contribution in [2.24, 2.45) is 0 Å². The first-order chi connectivity index (χ1) is 10.1. The molecule has 0 saturated carbocycles. The molecule has 3 unspecified atom stereocenters. The maximum atomic E-state index is 12.7. The fraction of sp³-hybridized carbons (Fsp3) is 0.588. The standard InChI is InChI=1S/C17H26N2OS/c1-4-21-11-10-13(2)19-14(3)18-16(17(19)20)12-15-8-6-5-7-9-15/h5-9,13-14,16,18H,4,10-12H2,1-3H3. The molecule has 1 fully saturated rings. The van der Waals surface area contributed by atoms with Crippen molar-refractivity contribution < 1.29 is 4.79 Å². The Morgan fingerprint density at radius 1 is 1.33 bits per heavy atom. The highest BCUT2D eigenvalue weighted by Gasteiger charge is 2.38. The second kappa shape index (κ2) is 7.85. The number of amides is 1. The van der Waals surface area contributed by atoms with E-state index in [1.807, 2.05) is 34.9 Å². The minimum absolute atomic E-state index is 0.0799. The molecular formula is C17H26N2OS. The number of rotatable bonds is 7. The molecule has 3 nitrogen and oxygen atoms in total. The van der Waals surface area contributed by atoms with E-state index >= 15 is 0 Å². The molecule has 3 atom stereocenters. The Balaban J connectivity index is 1.94. The van der Waals surface area contributed by atoms with E-state index in [9.17, 15) is 4.79 Å². The van der Waals surface area contributed by atoms with Crippen LogP contribution < -0.4 is 5.32 Å². The summed E-state index contributed by atoms with van der Waals surface area (Å²) in [6, 6.07) is 10.5. The van der Waals surface area contributed by atoms with Crippen LogP contribution in [0.4, 0.5) is 0 Å². The van der Waals surface area contributed by atoms with Crippen molar-refractivity contribution in [1.82, 2.24) is 10.2 Å². The Morgan fingerprint density at radius 3 is 2.71 bits per heavy atom. The summed E-state index contributed by atoms with van der Waals surface area (Å²) in [5.41, 5.74) is 1.21. The summed E-state index contributed by atoms with van der Waals surface area (Å²) in [6.45, 7) is 6.43. The molecule has 4 heteroatoms. The molecule has 1 aliphatic heterocycles. The summed E-state index contributed by atoms with van der Waals surface area (Å²) in [5.74, 6) is 2.52. The van der Waals surface area contributed by atoms with Crippen molar-refractivity contribution in [2.75, 3.05) is 11.5 Å². The van der Waals surface area contributed by atoms with Gasteiger partial charge in [0.15, 0.2) is 0 Å². The topological polar surface area (TPSA) is 32.3 Å². The molecule has 0 aliphatic carbocycles. The fourth-order valence-electron chi connectivity index (χ4n) is 2.95.